The third-order valence-electron chi connectivity index (χ3n) is 8.86. The standard InChI is InChI=1S/C21H46P.C19H42P.2BrH/c1-5-6-7-8-9-10-11-12-13-14-15-16-17-18-19-20-21-22(2,3)4;1-5-6-7-8-9-10-11-12-13-14-15-16-17-18-19-20(2,3)4;;/h5-21H2,1-4H3;5-19H2,1-4H3;2*1H/q2*+1;;/p-2. The molecule has 4 heteroatoms. The van der Waals surface area contributed by atoms with Gasteiger partial charge in [0.05, 0.1) is 12.3 Å². The van der Waals surface area contributed by atoms with Crippen molar-refractivity contribution in [2.45, 2.75) is 206 Å². The Morgan fingerprint density at radius 2 is 0.364 bits per heavy atom. The van der Waals surface area contributed by atoms with E-state index in [0.29, 0.717) is 0 Å². The molecule has 0 aromatic heterocycles. The third kappa shape index (κ3) is 56.2. The molecule has 0 rings (SSSR count). The minimum Gasteiger partial charge on any atom is -1.00 e. The van der Waals surface area contributed by atoms with E-state index >= 15 is 0 Å². The van der Waals surface area contributed by atoms with Gasteiger partial charge in [-0.25, -0.2) is 0 Å². The highest BCUT2D eigenvalue weighted by Gasteiger charge is 2.16. The summed E-state index contributed by atoms with van der Waals surface area (Å²) in [6.45, 7) is 19.4. The lowest BCUT2D eigenvalue weighted by atomic mass is 10.0. The van der Waals surface area contributed by atoms with Crippen molar-refractivity contribution < 1.29 is 34.0 Å². The van der Waals surface area contributed by atoms with E-state index in [-0.39, 0.29) is 34.0 Å². The number of unbranched alkanes of at least 4 members (excludes halogenated alkanes) is 28. The second-order valence-electron chi connectivity index (χ2n) is 15.9. The molecule has 0 atom stereocenters. The Bertz CT molecular complexity index is 485. The summed E-state index contributed by atoms with van der Waals surface area (Å²) in [5.41, 5.74) is 0. The van der Waals surface area contributed by atoms with Crippen LogP contribution in [0.1, 0.15) is 206 Å². The smallest absolute Gasteiger partial charge is 0.0586 e. The zero-order chi connectivity index (χ0) is 31.6. The van der Waals surface area contributed by atoms with Crippen molar-refractivity contribution in [1.82, 2.24) is 0 Å². The summed E-state index contributed by atoms with van der Waals surface area (Å²) >= 11 is 0. The highest BCUT2D eigenvalue weighted by atomic mass is 79.9. The van der Waals surface area contributed by atoms with Gasteiger partial charge in [0, 0.05) is 54.5 Å². The first-order valence-electron chi connectivity index (χ1n) is 19.7. The van der Waals surface area contributed by atoms with Crippen LogP contribution in [0.15, 0.2) is 0 Å². The SMILES string of the molecule is CCCCCCCCCCCCCCCCCC[P+](C)(C)C.CCCCCCCCCCCCCCCC[P+](C)(C)C.[Br-].[Br-]. The van der Waals surface area contributed by atoms with Gasteiger partial charge in [-0.1, -0.05) is 181 Å². The first-order chi connectivity index (χ1) is 20.1. The van der Waals surface area contributed by atoms with Gasteiger partial charge in [0.2, 0.25) is 0 Å². The van der Waals surface area contributed by atoms with Crippen molar-refractivity contribution in [3.05, 3.63) is 0 Å². The van der Waals surface area contributed by atoms with Crippen LogP contribution < -0.4 is 34.0 Å². The lowest BCUT2D eigenvalue weighted by Crippen LogP contribution is -3.00. The Morgan fingerprint density at radius 3 is 0.500 bits per heavy atom. The molecule has 0 spiro atoms. The molecule has 0 aromatic rings. The van der Waals surface area contributed by atoms with Crippen LogP contribution in [0.5, 0.6) is 0 Å². The van der Waals surface area contributed by atoms with E-state index in [1.165, 1.54) is 205 Å². The molecule has 0 nitrogen and oxygen atoms in total. The molecule has 0 saturated carbocycles. The average molecular weight is 791 g/mol. The topological polar surface area (TPSA) is 0 Å². The molecule has 0 aliphatic heterocycles. The number of rotatable bonds is 32. The van der Waals surface area contributed by atoms with E-state index in [1.807, 2.05) is 0 Å². The van der Waals surface area contributed by atoms with Crippen molar-refractivity contribution in [1.29, 1.82) is 0 Å². The van der Waals surface area contributed by atoms with E-state index in [9.17, 15) is 0 Å². The van der Waals surface area contributed by atoms with Gasteiger partial charge in [0.1, 0.15) is 0 Å². The maximum absolute atomic E-state index is 2.47. The Balaban J connectivity index is -0.000000349. The van der Waals surface area contributed by atoms with Crippen molar-refractivity contribution in [2.24, 2.45) is 0 Å². The molecule has 0 saturated heterocycles. The molecule has 0 radical (unpaired) electrons. The maximum Gasteiger partial charge on any atom is 0.0586 e. The van der Waals surface area contributed by atoms with Crippen LogP contribution in [0.2, 0.25) is 0 Å². The molecule has 0 aliphatic rings. The van der Waals surface area contributed by atoms with Crippen molar-refractivity contribution in [3.8, 4) is 0 Å². The second kappa shape index (κ2) is 41.0. The van der Waals surface area contributed by atoms with Crippen LogP contribution in [0.25, 0.3) is 0 Å². The fourth-order valence-electron chi connectivity index (χ4n) is 5.91. The van der Waals surface area contributed by atoms with Gasteiger partial charge >= 0.3 is 0 Å². The quantitative estimate of drug-likeness (QED) is 0.0471. The molecule has 0 bridgehead atoms. The Hall–Kier alpha value is 1.82. The molecule has 44 heavy (non-hydrogen) atoms. The molecule has 0 aromatic carbocycles. The summed E-state index contributed by atoms with van der Waals surface area (Å²) < 4.78 is 0. The normalized spacial score (nSPS) is 11.5. The molecule has 272 valence electrons. The van der Waals surface area contributed by atoms with Crippen LogP contribution in [-0.4, -0.2) is 52.3 Å². The van der Waals surface area contributed by atoms with E-state index in [4.69, 9.17) is 0 Å². The predicted octanol–water partition coefficient (Wildman–Crippen LogP) is 9.54. The average Bonchev–Trinajstić information content (AvgIpc) is 2.92. The first-order valence-corrected chi connectivity index (χ1v) is 26.4. The van der Waals surface area contributed by atoms with Crippen LogP contribution in [0.4, 0.5) is 0 Å². The number of hydrogen-bond acceptors (Lipinski definition) is 0. The second-order valence-corrected chi connectivity index (χ2v) is 26.0. The lowest BCUT2D eigenvalue weighted by molar-refractivity contribution is -0.001000. The minimum absolute atomic E-state index is 0. The molecule has 0 amide bonds. The minimum atomic E-state index is -0.504. The predicted molar refractivity (Wildman–Crippen MR) is 209 cm³/mol. The summed E-state index contributed by atoms with van der Waals surface area (Å²) in [4.78, 5) is 0. The molecule has 0 fully saturated rings. The molecule has 0 heterocycles. The van der Waals surface area contributed by atoms with Gasteiger partial charge in [0.15, 0.2) is 0 Å². The zero-order valence-corrected chi connectivity index (χ0v) is 37.2. The Kier molecular flexibility index (Phi) is 49.0. The Morgan fingerprint density at radius 1 is 0.227 bits per heavy atom. The van der Waals surface area contributed by atoms with E-state index in [1.54, 1.807) is 0 Å². The fraction of sp³-hybridized carbons (Fsp3) is 1.00. The molecule has 0 unspecified atom stereocenters. The summed E-state index contributed by atoms with van der Waals surface area (Å²) in [5.74, 6) is 0. The molecule has 0 N–H and O–H groups in total. The van der Waals surface area contributed by atoms with Gasteiger partial charge in [0.25, 0.3) is 0 Å². The number of hydrogen-bond donors (Lipinski definition) is 0. The van der Waals surface area contributed by atoms with Crippen molar-refractivity contribution in [2.75, 3.05) is 52.3 Å². The lowest BCUT2D eigenvalue weighted by Gasteiger charge is -2.10. The number of halogens is 2. The summed E-state index contributed by atoms with van der Waals surface area (Å²) in [7, 11) is -1.00. The van der Waals surface area contributed by atoms with Gasteiger partial charge in [-0.2, -0.15) is 0 Å². The maximum atomic E-state index is 2.47. The van der Waals surface area contributed by atoms with Crippen LogP contribution in [0, 0.1) is 0 Å². The van der Waals surface area contributed by atoms with Gasteiger partial charge in [-0.05, 0) is 25.7 Å². The van der Waals surface area contributed by atoms with Gasteiger partial charge in [-0.3, -0.25) is 0 Å². The Labute approximate surface area is 305 Å². The van der Waals surface area contributed by atoms with E-state index in [2.05, 4.69) is 53.8 Å². The van der Waals surface area contributed by atoms with Gasteiger partial charge in [-0.15, -0.1) is 0 Å². The third-order valence-corrected chi connectivity index (χ3v) is 12.2. The summed E-state index contributed by atoms with van der Waals surface area (Å²) in [6, 6.07) is 0. The highest BCUT2D eigenvalue weighted by Crippen LogP contribution is 2.47. The fourth-order valence-corrected chi connectivity index (χ4v) is 8.26. The largest absolute Gasteiger partial charge is 1.00 e. The molecular weight excluding hydrogens is 702 g/mol. The zero-order valence-electron chi connectivity index (χ0n) is 32.3. The molecule has 0 aliphatic carbocycles. The monoisotopic (exact) mass is 788 g/mol. The highest BCUT2D eigenvalue weighted by molar-refractivity contribution is 7.74. The van der Waals surface area contributed by atoms with E-state index < -0.39 is 14.5 Å². The first kappa shape index (κ1) is 52.6. The van der Waals surface area contributed by atoms with Crippen LogP contribution in [-0.2, 0) is 0 Å². The van der Waals surface area contributed by atoms with Gasteiger partial charge < -0.3 is 34.0 Å². The van der Waals surface area contributed by atoms with Crippen LogP contribution in [0.3, 0.4) is 0 Å². The van der Waals surface area contributed by atoms with Crippen molar-refractivity contribution in [3.63, 3.8) is 0 Å². The summed E-state index contributed by atoms with van der Waals surface area (Å²) in [6.07, 6.45) is 47.2. The molecular formula is C40H88Br2P2. The summed E-state index contributed by atoms with van der Waals surface area (Å²) in [5, 5.41) is 0. The van der Waals surface area contributed by atoms with Crippen molar-refractivity contribution >= 4 is 14.5 Å². The van der Waals surface area contributed by atoms with E-state index in [0.717, 1.165) is 0 Å². The van der Waals surface area contributed by atoms with Crippen LogP contribution >= 0.6 is 14.5 Å².